The molecule has 10 nitrogen and oxygen atoms in total. The van der Waals surface area contributed by atoms with E-state index in [0.717, 1.165) is 11.8 Å². The molecule has 0 aromatic carbocycles. The zero-order valence-electron chi connectivity index (χ0n) is 14.9. The average Bonchev–Trinajstić information content (AvgIpc) is 2.61. The number of nitrogens with one attached hydrogen (secondary N) is 2. The fourth-order valence-corrected chi connectivity index (χ4v) is 2.41. The summed E-state index contributed by atoms with van der Waals surface area (Å²) in [5.74, 6) is -1.02. The summed E-state index contributed by atoms with van der Waals surface area (Å²) >= 11 is 0.922. The molecule has 0 aliphatic rings. The van der Waals surface area contributed by atoms with Gasteiger partial charge in [-0.05, 0) is 12.8 Å². The van der Waals surface area contributed by atoms with E-state index in [1.165, 1.54) is 14.0 Å². The quantitative estimate of drug-likeness (QED) is 0.183. The molecule has 0 fully saturated rings. The molecule has 6 N–H and O–H groups in total. The van der Waals surface area contributed by atoms with Crippen LogP contribution in [0.1, 0.15) is 19.8 Å². The number of rotatable bonds is 13. The molecule has 0 bridgehead atoms. The van der Waals surface area contributed by atoms with Crippen molar-refractivity contribution in [1.82, 2.24) is 10.6 Å². The van der Waals surface area contributed by atoms with Crippen LogP contribution >= 0.6 is 11.8 Å². The number of carbonyl (C=O) groups excluding carboxylic acids is 3. The van der Waals surface area contributed by atoms with Gasteiger partial charge in [0.05, 0.1) is 12.4 Å². The second kappa shape index (κ2) is 13.9. The van der Waals surface area contributed by atoms with Crippen molar-refractivity contribution in [2.75, 3.05) is 32.6 Å². The first-order valence-corrected chi connectivity index (χ1v) is 9.08. The molecule has 0 rings (SSSR count). The molecular formula is C15H28N2O8S. The standard InChI is InChI=1S/C15H28N2O8S/c1-9(19)26-8-11(21)16-5-3-4-6-17-15(24)13(23)12(22)14(25-2)10(20)7-18/h10,12-14,18,20,22-23H,3-8H2,1-2H3,(H,16,21)(H,17,24)/t10?,12-,13?,14-/m1/s1. The highest BCUT2D eigenvalue weighted by Crippen LogP contribution is 2.09. The van der Waals surface area contributed by atoms with Gasteiger partial charge in [0.1, 0.15) is 18.3 Å². The van der Waals surface area contributed by atoms with Crippen LogP contribution < -0.4 is 10.6 Å². The first kappa shape index (κ1) is 24.8. The van der Waals surface area contributed by atoms with Crippen LogP contribution in [0.4, 0.5) is 0 Å². The number of hydrogen-bond acceptors (Lipinski definition) is 9. The fraction of sp³-hybridized carbons (Fsp3) is 0.800. The van der Waals surface area contributed by atoms with E-state index in [0.29, 0.717) is 19.4 Å². The molecule has 0 radical (unpaired) electrons. The lowest BCUT2D eigenvalue weighted by Crippen LogP contribution is -2.52. The molecule has 0 heterocycles. The third-order valence-corrected chi connectivity index (χ3v) is 4.21. The van der Waals surface area contributed by atoms with Crippen molar-refractivity contribution in [1.29, 1.82) is 0 Å². The van der Waals surface area contributed by atoms with Crippen molar-refractivity contribution < 1.29 is 39.5 Å². The lowest BCUT2D eigenvalue weighted by Gasteiger charge is -2.27. The Morgan fingerprint density at radius 2 is 1.65 bits per heavy atom. The van der Waals surface area contributed by atoms with E-state index in [1.807, 2.05) is 0 Å². The fourth-order valence-electron chi connectivity index (χ4n) is 1.97. The highest BCUT2D eigenvalue weighted by molar-refractivity contribution is 8.14. The van der Waals surface area contributed by atoms with E-state index in [9.17, 15) is 29.7 Å². The van der Waals surface area contributed by atoms with Gasteiger partial charge in [-0.25, -0.2) is 0 Å². The largest absolute Gasteiger partial charge is 0.394 e. The molecule has 0 aliphatic heterocycles. The van der Waals surface area contributed by atoms with Gasteiger partial charge in [0.15, 0.2) is 11.2 Å². The highest BCUT2D eigenvalue weighted by Gasteiger charge is 2.35. The Hall–Kier alpha value is -1.24. The number of carbonyl (C=O) groups is 3. The smallest absolute Gasteiger partial charge is 0.251 e. The summed E-state index contributed by atoms with van der Waals surface area (Å²) in [5.41, 5.74) is 0. The zero-order valence-corrected chi connectivity index (χ0v) is 15.7. The van der Waals surface area contributed by atoms with Crippen LogP contribution in [-0.2, 0) is 19.1 Å². The number of unbranched alkanes of at least 4 members (excludes halogenated alkanes) is 1. The monoisotopic (exact) mass is 396 g/mol. The summed E-state index contributed by atoms with van der Waals surface area (Å²) in [6.07, 6.45) is -5.21. The van der Waals surface area contributed by atoms with Crippen LogP contribution in [-0.4, -0.2) is 94.3 Å². The van der Waals surface area contributed by atoms with Crippen molar-refractivity contribution in [3.63, 3.8) is 0 Å². The number of ether oxygens (including phenoxy) is 1. The first-order chi connectivity index (χ1) is 12.2. The van der Waals surface area contributed by atoms with E-state index in [-0.39, 0.29) is 23.3 Å². The number of methoxy groups -OCH3 is 1. The molecule has 0 aliphatic carbocycles. The summed E-state index contributed by atoms with van der Waals surface area (Å²) in [6.45, 7) is 1.28. The topological polar surface area (TPSA) is 165 Å². The zero-order chi connectivity index (χ0) is 20.1. The van der Waals surface area contributed by atoms with E-state index in [1.54, 1.807) is 0 Å². The number of thioether (sulfide) groups is 1. The highest BCUT2D eigenvalue weighted by atomic mass is 32.2. The summed E-state index contributed by atoms with van der Waals surface area (Å²) in [7, 11) is 1.17. The third-order valence-electron chi connectivity index (χ3n) is 3.40. The van der Waals surface area contributed by atoms with Gasteiger partial charge in [0, 0.05) is 27.1 Å². The maximum atomic E-state index is 11.8. The Balaban J connectivity index is 4.00. The van der Waals surface area contributed by atoms with Crippen LogP contribution in [0.25, 0.3) is 0 Å². The summed E-state index contributed by atoms with van der Waals surface area (Å²) in [5, 5.41) is 42.9. The minimum atomic E-state index is -1.83. The van der Waals surface area contributed by atoms with Crippen molar-refractivity contribution in [3.8, 4) is 0 Å². The van der Waals surface area contributed by atoms with Gasteiger partial charge < -0.3 is 35.8 Å². The van der Waals surface area contributed by atoms with E-state index in [4.69, 9.17) is 9.84 Å². The second-order valence-electron chi connectivity index (χ2n) is 5.51. The molecule has 0 saturated carbocycles. The predicted molar refractivity (Wildman–Crippen MR) is 94.3 cm³/mol. The minimum Gasteiger partial charge on any atom is -0.394 e. The molecule has 152 valence electrons. The number of amides is 2. The van der Waals surface area contributed by atoms with Crippen molar-refractivity contribution in [2.24, 2.45) is 0 Å². The Morgan fingerprint density at radius 1 is 1.08 bits per heavy atom. The SMILES string of the molecule is CO[C@H](C(O)CO)[C@H](O)C(O)C(=O)NCCCCNC(=O)CSC(C)=O. The van der Waals surface area contributed by atoms with E-state index in [2.05, 4.69) is 10.6 Å². The normalized spacial score (nSPS) is 15.6. The number of aliphatic hydroxyl groups is 4. The van der Waals surface area contributed by atoms with Gasteiger partial charge in [-0.3, -0.25) is 14.4 Å². The minimum absolute atomic E-state index is 0.0660. The summed E-state index contributed by atoms with van der Waals surface area (Å²) in [4.78, 5) is 33.9. The number of aliphatic hydroxyl groups excluding tert-OH is 4. The Kier molecular flexibility index (Phi) is 13.2. The molecule has 2 amide bonds. The van der Waals surface area contributed by atoms with Gasteiger partial charge in [-0.2, -0.15) is 0 Å². The van der Waals surface area contributed by atoms with Crippen LogP contribution in [0.15, 0.2) is 0 Å². The van der Waals surface area contributed by atoms with Crippen LogP contribution in [0.5, 0.6) is 0 Å². The molecule has 4 atom stereocenters. The summed E-state index contributed by atoms with van der Waals surface area (Å²) < 4.78 is 4.79. The second-order valence-corrected chi connectivity index (χ2v) is 6.67. The van der Waals surface area contributed by atoms with Gasteiger partial charge in [0.2, 0.25) is 5.91 Å². The van der Waals surface area contributed by atoms with E-state index < -0.39 is 36.9 Å². The Labute approximate surface area is 156 Å². The van der Waals surface area contributed by atoms with Crippen LogP contribution in [0.3, 0.4) is 0 Å². The van der Waals surface area contributed by atoms with E-state index >= 15 is 0 Å². The van der Waals surface area contributed by atoms with Gasteiger partial charge in [0.25, 0.3) is 5.91 Å². The lowest BCUT2D eigenvalue weighted by atomic mass is 10.0. The number of hydrogen-bond donors (Lipinski definition) is 6. The van der Waals surface area contributed by atoms with Crippen molar-refractivity contribution in [3.05, 3.63) is 0 Å². The van der Waals surface area contributed by atoms with Gasteiger partial charge in [-0.15, -0.1) is 0 Å². The molecular weight excluding hydrogens is 368 g/mol. The third kappa shape index (κ3) is 10.0. The molecule has 0 spiro atoms. The molecule has 2 unspecified atom stereocenters. The molecule has 0 saturated heterocycles. The van der Waals surface area contributed by atoms with Gasteiger partial charge >= 0.3 is 0 Å². The molecule has 26 heavy (non-hydrogen) atoms. The van der Waals surface area contributed by atoms with Gasteiger partial charge in [-0.1, -0.05) is 11.8 Å². The van der Waals surface area contributed by atoms with Crippen LogP contribution in [0.2, 0.25) is 0 Å². The first-order valence-electron chi connectivity index (χ1n) is 8.10. The Morgan fingerprint density at radius 3 is 2.15 bits per heavy atom. The predicted octanol–water partition coefficient (Wildman–Crippen LogP) is -2.63. The summed E-state index contributed by atoms with van der Waals surface area (Å²) in [6, 6.07) is 0. The molecule has 0 aromatic rings. The molecule has 11 heteroatoms. The average molecular weight is 396 g/mol. The maximum Gasteiger partial charge on any atom is 0.251 e. The molecule has 0 aromatic heterocycles. The Bertz CT molecular complexity index is 451. The maximum absolute atomic E-state index is 11.8. The van der Waals surface area contributed by atoms with Crippen molar-refractivity contribution >= 4 is 28.7 Å². The van der Waals surface area contributed by atoms with Crippen LogP contribution in [0, 0.1) is 0 Å². The lowest BCUT2D eigenvalue weighted by molar-refractivity contribution is -0.153. The van der Waals surface area contributed by atoms with Crippen molar-refractivity contribution in [2.45, 2.75) is 44.2 Å².